The van der Waals surface area contributed by atoms with Gasteiger partial charge in [-0.25, -0.2) is 5.43 Å². The van der Waals surface area contributed by atoms with Gasteiger partial charge in [0.1, 0.15) is 0 Å². The number of halogens is 1. The fourth-order valence-electron chi connectivity index (χ4n) is 3.12. The van der Waals surface area contributed by atoms with Crippen LogP contribution in [0, 0.1) is 12.8 Å². The molecule has 1 aliphatic rings. The minimum atomic E-state index is 0.0134. The van der Waals surface area contributed by atoms with Crippen molar-refractivity contribution in [3.8, 4) is 0 Å². The summed E-state index contributed by atoms with van der Waals surface area (Å²) < 4.78 is 0. The molecule has 1 heterocycles. The van der Waals surface area contributed by atoms with E-state index in [1.54, 1.807) is 6.21 Å². The maximum Gasteiger partial charge on any atom is 0.243 e. The molecule has 0 bridgehead atoms. The van der Waals surface area contributed by atoms with Crippen LogP contribution in [0.4, 0.5) is 0 Å². The van der Waals surface area contributed by atoms with Gasteiger partial charge in [-0.1, -0.05) is 53.6 Å². The van der Waals surface area contributed by atoms with Gasteiger partial charge in [0, 0.05) is 17.5 Å². The summed E-state index contributed by atoms with van der Waals surface area (Å²) in [6.45, 7) is 4.78. The molecule has 0 atom stereocenters. The smallest absolute Gasteiger partial charge is 0.243 e. The summed E-state index contributed by atoms with van der Waals surface area (Å²) in [4.78, 5) is 14.7. The number of carbonyl (C=O) groups is 1. The molecule has 26 heavy (non-hydrogen) atoms. The van der Waals surface area contributed by atoms with Crippen LogP contribution in [-0.2, 0) is 11.3 Å². The predicted molar refractivity (Wildman–Crippen MR) is 106 cm³/mol. The average molecular weight is 370 g/mol. The van der Waals surface area contributed by atoms with Crippen molar-refractivity contribution >= 4 is 23.7 Å². The summed E-state index contributed by atoms with van der Waals surface area (Å²) in [6.07, 6.45) is 3.41. The van der Waals surface area contributed by atoms with E-state index in [4.69, 9.17) is 11.6 Å². The lowest BCUT2D eigenvalue weighted by atomic mass is 9.96. The van der Waals surface area contributed by atoms with E-state index in [9.17, 15) is 4.79 Å². The van der Waals surface area contributed by atoms with Gasteiger partial charge in [-0.15, -0.1) is 0 Å². The zero-order valence-corrected chi connectivity index (χ0v) is 15.7. The number of benzene rings is 2. The van der Waals surface area contributed by atoms with Gasteiger partial charge < -0.3 is 0 Å². The van der Waals surface area contributed by atoms with E-state index in [0.29, 0.717) is 0 Å². The molecule has 3 rings (SSSR count). The minimum absolute atomic E-state index is 0.0134. The molecule has 0 aliphatic carbocycles. The second-order valence-electron chi connectivity index (χ2n) is 6.82. The van der Waals surface area contributed by atoms with E-state index in [1.807, 2.05) is 43.3 Å². The van der Waals surface area contributed by atoms with Gasteiger partial charge in [0.15, 0.2) is 0 Å². The molecular formula is C21H24ClN3O. The molecule has 1 N–H and O–H groups in total. The van der Waals surface area contributed by atoms with E-state index in [-0.39, 0.29) is 11.8 Å². The third-order valence-corrected chi connectivity index (χ3v) is 5.00. The highest BCUT2D eigenvalue weighted by Gasteiger charge is 2.24. The third-order valence-electron chi connectivity index (χ3n) is 4.74. The Bertz CT molecular complexity index is 748. The number of hydrazone groups is 1. The topological polar surface area (TPSA) is 44.7 Å². The Hall–Kier alpha value is -2.17. The molecule has 2 aromatic carbocycles. The number of piperidine rings is 1. The quantitative estimate of drug-likeness (QED) is 0.639. The molecule has 4 nitrogen and oxygen atoms in total. The maximum atomic E-state index is 12.3. The fourth-order valence-corrected chi connectivity index (χ4v) is 3.24. The first-order chi connectivity index (χ1) is 12.6. The molecule has 1 saturated heterocycles. The van der Waals surface area contributed by atoms with E-state index >= 15 is 0 Å². The Labute approximate surface area is 159 Å². The molecule has 0 spiro atoms. The number of amides is 1. The van der Waals surface area contributed by atoms with Crippen LogP contribution in [0.3, 0.4) is 0 Å². The van der Waals surface area contributed by atoms with Crippen molar-refractivity contribution in [1.82, 2.24) is 10.3 Å². The van der Waals surface area contributed by atoms with Crippen molar-refractivity contribution in [1.29, 1.82) is 0 Å². The van der Waals surface area contributed by atoms with Crippen molar-refractivity contribution in [2.75, 3.05) is 13.1 Å². The van der Waals surface area contributed by atoms with Crippen molar-refractivity contribution in [3.05, 3.63) is 70.2 Å². The molecule has 1 fully saturated rings. The number of carbonyl (C=O) groups excluding carboxylic acids is 1. The lowest BCUT2D eigenvalue weighted by molar-refractivity contribution is -0.126. The van der Waals surface area contributed by atoms with Crippen LogP contribution in [0.1, 0.15) is 29.5 Å². The second-order valence-corrected chi connectivity index (χ2v) is 7.26. The minimum Gasteiger partial charge on any atom is -0.299 e. The largest absolute Gasteiger partial charge is 0.299 e. The Morgan fingerprint density at radius 1 is 1.15 bits per heavy atom. The van der Waals surface area contributed by atoms with Gasteiger partial charge in [0.2, 0.25) is 5.91 Å². The summed E-state index contributed by atoms with van der Waals surface area (Å²) in [5, 5.41) is 4.85. The molecular weight excluding hydrogens is 346 g/mol. The zero-order chi connectivity index (χ0) is 18.4. The maximum absolute atomic E-state index is 12.3. The fraction of sp³-hybridized carbons (Fsp3) is 0.333. The second kappa shape index (κ2) is 8.97. The number of likely N-dealkylation sites (tertiary alicyclic amines) is 1. The lowest BCUT2D eigenvalue weighted by Crippen LogP contribution is -2.39. The highest BCUT2D eigenvalue weighted by Crippen LogP contribution is 2.20. The van der Waals surface area contributed by atoms with Crippen LogP contribution in [0.2, 0.25) is 5.02 Å². The summed E-state index contributed by atoms with van der Waals surface area (Å²) in [7, 11) is 0. The number of aryl methyl sites for hydroxylation is 1. The van der Waals surface area contributed by atoms with Crippen LogP contribution in [0.5, 0.6) is 0 Å². The summed E-state index contributed by atoms with van der Waals surface area (Å²) in [6, 6.07) is 16.0. The van der Waals surface area contributed by atoms with Gasteiger partial charge in [-0.2, -0.15) is 5.10 Å². The van der Waals surface area contributed by atoms with Crippen molar-refractivity contribution in [2.24, 2.45) is 11.0 Å². The molecule has 5 heteroatoms. The number of rotatable bonds is 5. The van der Waals surface area contributed by atoms with Crippen molar-refractivity contribution in [3.63, 3.8) is 0 Å². The van der Waals surface area contributed by atoms with Crippen LogP contribution in [0.25, 0.3) is 0 Å². The average Bonchev–Trinajstić information content (AvgIpc) is 2.66. The summed E-state index contributed by atoms with van der Waals surface area (Å²) in [5.74, 6) is 0.0474. The first-order valence-electron chi connectivity index (χ1n) is 8.96. The highest BCUT2D eigenvalue weighted by molar-refractivity contribution is 6.30. The van der Waals surface area contributed by atoms with Gasteiger partial charge in [-0.3, -0.25) is 9.69 Å². The predicted octanol–water partition coefficient (Wildman–Crippen LogP) is 4.01. The molecule has 136 valence electrons. The molecule has 0 radical (unpaired) electrons. The van der Waals surface area contributed by atoms with Crippen LogP contribution in [-0.4, -0.2) is 30.1 Å². The molecule has 0 saturated carbocycles. The SMILES string of the molecule is Cc1ccc(C=NNC(=O)C2CCN(Cc3ccc(Cl)cc3)CC2)cc1. The summed E-state index contributed by atoms with van der Waals surface area (Å²) >= 11 is 5.93. The molecule has 1 aliphatic heterocycles. The lowest BCUT2D eigenvalue weighted by Gasteiger charge is -2.30. The van der Waals surface area contributed by atoms with E-state index in [0.717, 1.165) is 43.1 Å². The molecule has 0 aromatic heterocycles. The summed E-state index contributed by atoms with van der Waals surface area (Å²) in [5.41, 5.74) is 6.12. The third kappa shape index (κ3) is 5.41. The van der Waals surface area contributed by atoms with Crippen molar-refractivity contribution < 1.29 is 4.79 Å². The van der Waals surface area contributed by atoms with Crippen LogP contribution >= 0.6 is 11.6 Å². The van der Waals surface area contributed by atoms with Gasteiger partial charge in [0.25, 0.3) is 0 Å². The Morgan fingerprint density at radius 2 is 1.81 bits per heavy atom. The first-order valence-corrected chi connectivity index (χ1v) is 9.34. The number of hydrogen-bond acceptors (Lipinski definition) is 3. The molecule has 1 amide bonds. The standard InChI is InChI=1S/C21H24ClN3O/c1-16-2-4-17(5-3-16)14-23-24-21(26)19-10-12-25(13-11-19)15-18-6-8-20(22)9-7-18/h2-9,14,19H,10-13,15H2,1H3,(H,24,26). The Kier molecular flexibility index (Phi) is 6.42. The molecule has 2 aromatic rings. The van der Waals surface area contributed by atoms with Gasteiger partial charge >= 0.3 is 0 Å². The number of nitrogens with one attached hydrogen (secondary N) is 1. The monoisotopic (exact) mass is 369 g/mol. The Morgan fingerprint density at radius 3 is 2.46 bits per heavy atom. The van der Waals surface area contributed by atoms with Gasteiger partial charge in [-0.05, 0) is 56.1 Å². The van der Waals surface area contributed by atoms with Crippen molar-refractivity contribution in [2.45, 2.75) is 26.3 Å². The van der Waals surface area contributed by atoms with Gasteiger partial charge in [0.05, 0.1) is 6.21 Å². The van der Waals surface area contributed by atoms with E-state index in [1.165, 1.54) is 11.1 Å². The zero-order valence-electron chi connectivity index (χ0n) is 15.0. The Balaban J connectivity index is 1.43. The van der Waals surface area contributed by atoms with E-state index < -0.39 is 0 Å². The first kappa shape index (κ1) is 18.6. The van der Waals surface area contributed by atoms with Crippen LogP contribution < -0.4 is 5.43 Å². The normalized spacial score (nSPS) is 16.1. The number of hydrogen-bond donors (Lipinski definition) is 1. The van der Waals surface area contributed by atoms with Crippen LogP contribution in [0.15, 0.2) is 53.6 Å². The number of nitrogens with zero attached hydrogens (tertiary/aromatic N) is 2. The van der Waals surface area contributed by atoms with E-state index in [2.05, 4.69) is 27.6 Å². The molecule has 0 unspecified atom stereocenters. The highest BCUT2D eigenvalue weighted by atomic mass is 35.5.